The van der Waals surface area contributed by atoms with Gasteiger partial charge in [0, 0.05) is 18.5 Å². The van der Waals surface area contributed by atoms with Crippen LogP contribution in [-0.4, -0.2) is 84.2 Å². The lowest BCUT2D eigenvalue weighted by molar-refractivity contribution is -0.944. The fraction of sp³-hybridized carbons (Fsp3) is 0.645. The van der Waals surface area contributed by atoms with Gasteiger partial charge in [0.1, 0.15) is 0 Å². The normalized spacial score (nSPS) is 22.1. The molecule has 2 aromatic rings. The minimum atomic E-state index is -0.359. The van der Waals surface area contributed by atoms with Gasteiger partial charge in [-0.05, 0) is 61.7 Å². The van der Waals surface area contributed by atoms with Crippen molar-refractivity contribution in [1.29, 1.82) is 0 Å². The first-order valence-electron chi connectivity index (χ1n) is 15.1. The molecule has 1 aliphatic carbocycles. The van der Waals surface area contributed by atoms with Crippen molar-refractivity contribution >= 4 is 45.3 Å². The lowest BCUT2D eigenvalue weighted by Crippen LogP contribution is -2.61. The number of hydrogen-bond acceptors (Lipinski definition) is 7. The van der Waals surface area contributed by atoms with Crippen molar-refractivity contribution in [3.05, 3.63) is 31.7 Å². The number of fused-ring (bicyclic) bond motifs is 2. The van der Waals surface area contributed by atoms with Crippen LogP contribution >= 0.6 is 11.5 Å². The molecule has 1 aromatic heterocycles. The van der Waals surface area contributed by atoms with E-state index in [1.807, 2.05) is 6.07 Å². The van der Waals surface area contributed by atoms with Crippen molar-refractivity contribution in [2.24, 2.45) is 17.8 Å². The van der Waals surface area contributed by atoms with Crippen molar-refractivity contribution in [3.63, 3.8) is 0 Å². The Hall–Kier alpha value is -2.72. The molecule has 3 amide bonds. The summed E-state index contributed by atoms with van der Waals surface area (Å²) in [5, 5.41) is 4.08. The molecule has 0 radical (unpaired) electrons. The second-order valence-electron chi connectivity index (χ2n) is 12.2. The fourth-order valence-corrected chi connectivity index (χ4v) is 7.29. The standard InChI is InChI=1S/C30H43N5O4S.CH3/c1-22(2)13-14-31-30(38)39-21-35(18-8-7-15-34-28(36)23-9-3-4-10-24(23)29(34)37)19-16-33(17-20-35)27-25-11-5-6-12-26(25)40-32-27;/h5-6,11-12,22-24H,3-4,7-10,13-21H2,1-2H3;1H3/q;-1/p+1. The van der Waals surface area contributed by atoms with E-state index in [1.54, 1.807) is 0 Å². The topological polar surface area (TPSA) is 91.8 Å². The lowest BCUT2D eigenvalue weighted by atomic mass is 9.81. The SMILES string of the molecule is CC(C)CCNC(=O)OC[N+]1(CCCCN2C(=O)C3CCCCC3C2=O)CCN(c2nsc3ccccc23)CC1.[CH3-]. The van der Waals surface area contributed by atoms with Gasteiger partial charge in [0.2, 0.25) is 18.5 Å². The number of aromatic nitrogens is 1. The number of likely N-dealkylation sites (tertiary alicyclic amines) is 1. The summed E-state index contributed by atoms with van der Waals surface area (Å²) in [5.74, 6) is 1.48. The first-order valence-corrected chi connectivity index (χ1v) is 15.8. The van der Waals surface area contributed by atoms with Crippen molar-refractivity contribution < 1.29 is 23.6 Å². The Bertz CT molecular complexity index is 1170. The predicted molar refractivity (Wildman–Crippen MR) is 163 cm³/mol. The van der Waals surface area contributed by atoms with E-state index in [0.29, 0.717) is 30.2 Å². The van der Waals surface area contributed by atoms with Crippen LogP contribution in [0.1, 0.15) is 58.8 Å². The highest BCUT2D eigenvalue weighted by Crippen LogP contribution is 2.38. The van der Waals surface area contributed by atoms with Crippen LogP contribution in [0.4, 0.5) is 10.6 Å². The summed E-state index contributed by atoms with van der Waals surface area (Å²) in [7, 11) is 0. The Labute approximate surface area is 248 Å². The maximum absolute atomic E-state index is 12.9. The molecule has 3 heterocycles. The van der Waals surface area contributed by atoms with Crippen molar-refractivity contribution in [3.8, 4) is 0 Å². The molecule has 2 saturated heterocycles. The average Bonchev–Trinajstić information content (AvgIpc) is 3.49. The molecule has 2 atom stereocenters. The van der Waals surface area contributed by atoms with Crippen LogP contribution in [0.5, 0.6) is 0 Å². The highest BCUT2D eigenvalue weighted by molar-refractivity contribution is 7.13. The monoisotopic (exact) mass is 585 g/mol. The number of nitrogens with one attached hydrogen (secondary N) is 1. The molecule has 3 fully saturated rings. The Morgan fingerprint density at radius 2 is 1.78 bits per heavy atom. The minimum absolute atomic E-state index is 0. The van der Waals surface area contributed by atoms with Gasteiger partial charge >= 0.3 is 6.09 Å². The number of imide groups is 1. The van der Waals surface area contributed by atoms with Gasteiger partial charge in [-0.3, -0.25) is 19.0 Å². The summed E-state index contributed by atoms with van der Waals surface area (Å²) in [6.45, 7) is 9.90. The number of quaternary nitrogens is 1. The lowest BCUT2D eigenvalue weighted by Gasteiger charge is -2.44. The summed E-state index contributed by atoms with van der Waals surface area (Å²) >= 11 is 1.53. The minimum Gasteiger partial charge on any atom is -0.399 e. The molecule has 9 nitrogen and oxygen atoms in total. The third-order valence-electron chi connectivity index (χ3n) is 9.00. The largest absolute Gasteiger partial charge is 0.411 e. The summed E-state index contributed by atoms with van der Waals surface area (Å²) < 4.78 is 12.4. The Morgan fingerprint density at radius 1 is 1.10 bits per heavy atom. The maximum Gasteiger partial charge on any atom is 0.411 e. The number of ether oxygens (including phenoxy) is 1. The zero-order chi connectivity index (χ0) is 28.1. The van der Waals surface area contributed by atoms with Gasteiger partial charge in [0.05, 0.1) is 49.3 Å². The first kappa shape index (κ1) is 31.2. The van der Waals surface area contributed by atoms with Crippen LogP contribution in [-0.2, 0) is 14.3 Å². The summed E-state index contributed by atoms with van der Waals surface area (Å²) in [5.41, 5.74) is 0. The molecular formula is C31H47N5O4S. The number of carbonyl (C=O) groups is 3. The number of amides is 3. The molecule has 3 aliphatic rings. The third kappa shape index (κ3) is 7.20. The van der Waals surface area contributed by atoms with Gasteiger partial charge in [-0.2, -0.15) is 4.37 Å². The number of benzene rings is 1. The molecule has 1 saturated carbocycles. The van der Waals surface area contributed by atoms with Crippen LogP contribution in [0.2, 0.25) is 0 Å². The van der Waals surface area contributed by atoms with Crippen molar-refractivity contribution in [2.45, 2.75) is 58.8 Å². The smallest absolute Gasteiger partial charge is 0.399 e. The summed E-state index contributed by atoms with van der Waals surface area (Å²) in [4.78, 5) is 42.1. The van der Waals surface area contributed by atoms with Gasteiger partial charge in [0.15, 0.2) is 5.82 Å². The van der Waals surface area contributed by atoms with E-state index in [1.165, 1.54) is 26.5 Å². The molecular weight excluding hydrogens is 538 g/mol. The zero-order valence-electron chi connectivity index (χ0n) is 25.0. The van der Waals surface area contributed by atoms with E-state index in [2.05, 4.69) is 42.3 Å². The molecule has 0 spiro atoms. The van der Waals surface area contributed by atoms with E-state index in [9.17, 15) is 14.4 Å². The van der Waals surface area contributed by atoms with Crippen LogP contribution in [0.25, 0.3) is 10.1 Å². The Balaban J connectivity index is 0.00000387. The van der Waals surface area contributed by atoms with Crippen molar-refractivity contribution in [1.82, 2.24) is 14.6 Å². The Morgan fingerprint density at radius 3 is 2.46 bits per heavy atom. The van der Waals surface area contributed by atoms with Gasteiger partial charge in [-0.25, -0.2) is 4.79 Å². The van der Waals surface area contributed by atoms with Gasteiger partial charge in [0.25, 0.3) is 0 Å². The molecule has 226 valence electrons. The molecule has 41 heavy (non-hydrogen) atoms. The molecule has 0 bridgehead atoms. The zero-order valence-corrected chi connectivity index (χ0v) is 25.8. The van der Waals surface area contributed by atoms with E-state index in [-0.39, 0.29) is 37.2 Å². The van der Waals surface area contributed by atoms with E-state index < -0.39 is 0 Å². The highest BCUT2D eigenvalue weighted by atomic mass is 32.1. The number of piperazine rings is 1. The van der Waals surface area contributed by atoms with Crippen LogP contribution in [0, 0.1) is 25.2 Å². The quantitative estimate of drug-likeness (QED) is 0.171. The van der Waals surface area contributed by atoms with Gasteiger partial charge in [-0.15, -0.1) is 0 Å². The number of anilines is 1. The van der Waals surface area contributed by atoms with Crippen molar-refractivity contribution in [2.75, 3.05) is 57.4 Å². The summed E-state index contributed by atoms with van der Waals surface area (Å²) in [6.07, 6.45) is 6.01. The first-order chi connectivity index (χ1) is 19.4. The summed E-state index contributed by atoms with van der Waals surface area (Å²) in [6, 6.07) is 8.34. The highest BCUT2D eigenvalue weighted by Gasteiger charge is 2.47. The van der Waals surface area contributed by atoms with E-state index >= 15 is 0 Å². The number of hydrogen-bond donors (Lipinski definition) is 1. The second kappa shape index (κ2) is 14.0. The molecule has 1 N–H and O–H groups in total. The molecule has 5 rings (SSSR count). The van der Waals surface area contributed by atoms with Gasteiger partial charge in [-0.1, -0.05) is 38.8 Å². The molecule has 2 unspecified atom stereocenters. The van der Waals surface area contributed by atoms with Gasteiger partial charge < -0.3 is 22.4 Å². The fourth-order valence-electron chi connectivity index (χ4n) is 6.50. The second-order valence-corrected chi connectivity index (χ2v) is 13.0. The number of carbonyl (C=O) groups excluding carboxylic acids is 3. The van der Waals surface area contributed by atoms with Crippen LogP contribution in [0.15, 0.2) is 24.3 Å². The van der Waals surface area contributed by atoms with E-state index in [4.69, 9.17) is 9.11 Å². The predicted octanol–water partition coefficient (Wildman–Crippen LogP) is 5.07. The maximum atomic E-state index is 12.9. The molecule has 1 aromatic carbocycles. The van der Waals surface area contributed by atoms with E-state index in [0.717, 1.165) is 83.5 Å². The van der Waals surface area contributed by atoms with Crippen LogP contribution < -0.4 is 10.2 Å². The number of rotatable bonds is 11. The third-order valence-corrected chi connectivity index (χ3v) is 9.82. The number of nitrogens with zero attached hydrogens (tertiary/aromatic N) is 4. The number of unbranched alkanes of at least 4 members (excludes halogenated alkanes) is 1. The Kier molecular flexibility index (Phi) is 10.6. The average molecular weight is 586 g/mol. The van der Waals surface area contributed by atoms with Crippen LogP contribution in [0.3, 0.4) is 0 Å². The molecule has 10 heteroatoms. The number of alkyl carbamates (subject to hydrolysis) is 1. The molecule has 2 aliphatic heterocycles.